The van der Waals surface area contributed by atoms with Gasteiger partial charge in [-0.2, -0.15) is 17.5 Å². The topological polar surface area (TPSA) is 83.8 Å². The van der Waals surface area contributed by atoms with Crippen molar-refractivity contribution in [3.05, 3.63) is 64.2 Å². The third kappa shape index (κ3) is 3.94. The number of piperazine rings is 1. The van der Waals surface area contributed by atoms with E-state index in [0.717, 1.165) is 22.5 Å². The molecule has 0 amide bonds. The predicted octanol–water partition coefficient (Wildman–Crippen LogP) is 3.12. The van der Waals surface area contributed by atoms with Crippen LogP contribution in [-0.2, 0) is 16.2 Å². The van der Waals surface area contributed by atoms with Crippen LogP contribution >= 0.6 is 0 Å². The van der Waals surface area contributed by atoms with E-state index in [4.69, 9.17) is 0 Å². The van der Waals surface area contributed by atoms with Crippen LogP contribution in [0, 0.1) is 10.1 Å². The lowest BCUT2D eigenvalue weighted by Crippen LogP contribution is -2.48. The molecule has 0 aromatic heterocycles. The van der Waals surface area contributed by atoms with Gasteiger partial charge in [0.2, 0.25) is 10.0 Å². The summed E-state index contributed by atoms with van der Waals surface area (Å²) in [7, 11) is -4.10. The van der Waals surface area contributed by atoms with Crippen LogP contribution in [0.2, 0.25) is 0 Å². The number of halogens is 3. The molecule has 28 heavy (non-hydrogen) atoms. The number of benzene rings is 2. The zero-order valence-electron chi connectivity index (χ0n) is 14.5. The Morgan fingerprint density at radius 3 is 2.21 bits per heavy atom. The van der Waals surface area contributed by atoms with Gasteiger partial charge in [0.25, 0.3) is 5.69 Å². The van der Waals surface area contributed by atoms with Crippen LogP contribution in [0.4, 0.5) is 24.5 Å². The van der Waals surface area contributed by atoms with E-state index in [1.807, 2.05) is 0 Å². The Kier molecular flexibility index (Phi) is 5.31. The molecule has 0 atom stereocenters. The summed E-state index contributed by atoms with van der Waals surface area (Å²) in [6.07, 6.45) is -4.64. The molecule has 3 rings (SSSR count). The van der Waals surface area contributed by atoms with Crippen molar-refractivity contribution in [2.75, 3.05) is 31.1 Å². The SMILES string of the molecule is O=[N+]([O-])c1ccccc1N1CCN(S(=O)(=O)c2cccc(C(F)(F)F)c2)CC1. The maximum atomic E-state index is 12.9. The van der Waals surface area contributed by atoms with Gasteiger partial charge in [0, 0.05) is 32.2 Å². The summed E-state index contributed by atoms with van der Waals surface area (Å²) in [4.78, 5) is 11.9. The van der Waals surface area contributed by atoms with E-state index in [9.17, 15) is 31.7 Å². The molecule has 0 N–H and O–H groups in total. The molecule has 1 heterocycles. The summed E-state index contributed by atoms with van der Waals surface area (Å²) in [5, 5.41) is 11.2. The highest BCUT2D eigenvalue weighted by molar-refractivity contribution is 7.89. The molecule has 2 aromatic carbocycles. The van der Waals surface area contributed by atoms with E-state index in [1.165, 1.54) is 12.1 Å². The summed E-state index contributed by atoms with van der Waals surface area (Å²) in [5.74, 6) is 0. The number of anilines is 1. The molecular weight excluding hydrogens is 399 g/mol. The quantitative estimate of drug-likeness (QED) is 0.566. The Labute approximate surface area is 159 Å². The largest absolute Gasteiger partial charge is 0.416 e. The maximum absolute atomic E-state index is 12.9. The van der Waals surface area contributed by atoms with Crippen molar-refractivity contribution in [3.8, 4) is 0 Å². The fourth-order valence-electron chi connectivity index (χ4n) is 3.04. The summed E-state index contributed by atoms with van der Waals surface area (Å²) in [6.45, 7) is 0.376. The number of nitro groups is 1. The lowest BCUT2D eigenvalue weighted by Gasteiger charge is -2.35. The molecule has 150 valence electrons. The first-order valence-corrected chi connectivity index (χ1v) is 9.70. The molecule has 0 spiro atoms. The molecule has 7 nitrogen and oxygen atoms in total. The average molecular weight is 415 g/mol. The number of alkyl halides is 3. The van der Waals surface area contributed by atoms with E-state index in [-0.39, 0.29) is 31.9 Å². The van der Waals surface area contributed by atoms with Crippen molar-refractivity contribution in [1.29, 1.82) is 0 Å². The summed E-state index contributed by atoms with van der Waals surface area (Å²) in [6, 6.07) is 9.73. The van der Waals surface area contributed by atoms with E-state index in [2.05, 4.69) is 0 Å². The monoisotopic (exact) mass is 415 g/mol. The fourth-order valence-corrected chi connectivity index (χ4v) is 4.51. The van der Waals surface area contributed by atoms with Gasteiger partial charge < -0.3 is 4.90 Å². The number of rotatable bonds is 4. The third-order valence-electron chi connectivity index (χ3n) is 4.46. The van der Waals surface area contributed by atoms with Crippen molar-refractivity contribution in [2.24, 2.45) is 0 Å². The molecule has 11 heteroatoms. The molecule has 0 radical (unpaired) electrons. The van der Waals surface area contributed by atoms with Gasteiger partial charge in [-0.05, 0) is 24.3 Å². The second kappa shape index (κ2) is 7.40. The first-order valence-electron chi connectivity index (χ1n) is 8.26. The smallest absolute Gasteiger partial charge is 0.363 e. The van der Waals surface area contributed by atoms with E-state index < -0.39 is 31.6 Å². The van der Waals surface area contributed by atoms with E-state index in [0.29, 0.717) is 11.8 Å². The van der Waals surface area contributed by atoms with Crippen molar-refractivity contribution in [2.45, 2.75) is 11.1 Å². The van der Waals surface area contributed by atoms with Crippen molar-refractivity contribution in [3.63, 3.8) is 0 Å². The minimum Gasteiger partial charge on any atom is -0.363 e. The average Bonchev–Trinajstić information content (AvgIpc) is 2.67. The van der Waals surface area contributed by atoms with Crippen LogP contribution in [0.5, 0.6) is 0 Å². The van der Waals surface area contributed by atoms with Gasteiger partial charge in [-0.25, -0.2) is 8.42 Å². The van der Waals surface area contributed by atoms with Crippen LogP contribution in [0.25, 0.3) is 0 Å². The van der Waals surface area contributed by atoms with E-state index >= 15 is 0 Å². The number of para-hydroxylation sites is 2. The minimum atomic E-state index is -4.64. The van der Waals surface area contributed by atoms with Crippen molar-refractivity contribution >= 4 is 21.4 Å². The van der Waals surface area contributed by atoms with Crippen molar-refractivity contribution < 1.29 is 26.5 Å². The van der Waals surface area contributed by atoms with Crippen molar-refractivity contribution in [1.82, 2.24) is 4.31 Å². The number of hydrogen-bond acceptors (Lipinski definition) is 5. The lowest BCUT2D eigenvalue weighted by atomic mass is 10.2. The first-order chi connectivity index (χ1) is 13.1. The maximum Gasteiger partial charge on any atom is 0.416 e. The Hall–Kier alpha value is -2.66. The van der Waals surface area contributed by atoms with Gasteiger partial charge in [-0.1, -0.05) is 18.2 Å². The Balaban J connectivity index is 1.79. The number of nitrogens with zero attached hydrogens (tertiary/aromatic N) is 3. The Morgan fingerprint density at radius 2 is 1.61 bits per heavy atom. The van der Waals surface area contributed by atoms with Crippen LogP contribution < -0.4 is 4.90 Å². The lowest BCUT2D eigenvalue weighted by molar-refractivity contribution is -0.384. The Bertz CT molecular complexity index is 987. The molecule has 1 aliphatic heterocycles. The molecule has 0 aliphatic carbocycles. The minimum absolute atomic E-state index is 0.00459. The van der Waals surface area contributed by atoms with Gasteiger partial charge >= 0.3 is 6.18 Å². The van der Waals surface area contributed by atoms with Crippen LogP contribution in [0.1, 0.15) is 5.56 Å². The van der Waals surface area contributed by atoms with Crippen LogP contribution in [-0.4, -0.2) is 43.8 Å². The van der Waals surface area contributed by atoms with Gasteiger partial charge in [0.05, 0.1) is 15.4 Å². The van der Waals surface area contributed by atoms with Gasteiger partial charge in [0.1, 0.15) is 5.69 Å². The standard InChI is InChI=1S/C17H16F3N3O4S/c18-17(19,20)13-4-3-5-14(12-13)28(26,27)22-10-8-21(9-11-22)15-6-1-2-7-16(15)23(24)25/h1-7,12H,8-11H2. The zero-order chi connectivity index (χ0) is 20.5. The Morgan fingerprint density at radius 1 is 0.964 bits per heavy atom. The highest BCUT2D eigenvalue weighted by Crippen LogP contribution is 2.32. The summed E-state index contributed by atoms with van der Waals surface area (Å²) in [5.41, 5.74) is -0.743. The van der Waals surface area contributed by atoms with Crippen LogP contribution in [0.15, 0.2) is 53.4 Å². The molecule has 0 saturated carbocycles. The normalized spacial score (nSPS) is 16.2. The molecule has 1 aliphatic rings. The highest BCUT2D eigenvalue weighted by Gasteiger charge is 2.34. The second-order valence-corrected chi connectivity index (χ2v) is 8.10. The van der Waals surface area contributed by atoms with Crippen LogP contribution in [0.3, 0.4) is 0 Å². The van der Waals surface area contributed by atoms with Gasteiger partial charge in [-0.15, -0.1) is 0 Å². The molecule has 2 aromatic rings. The second-order valence-electron chi connectivity index (χ2n) is 6.16. The van der Waals surface area contributed by atoms with Gasteiger partial charge in [0.15, 0.2) is 0 Å². The fraction of sp³-hybridized carbons (Fsp3) is 0.294. The zero-order valence-corrected chi connectivity index (χ0v) is 15.3. The first kappa shape index (κ1) is 20.1. The highest BCUT2D eigenvalue weighted by atomic mass is 32.2. The molecule has 1 saturated heterocycles. The summed E-state index contributed by atoms with van der Waals surface area (Å²) < 4.78 is 65.1. The van der Waals surface area contributed by atoms with Gasteiger partial charge in [-0.3, -0.25) is 10.1 Å². The summed E-state index contributed by atoms with van der Waals surface area (Å²) >= 11 is 0. The third-order valence-corrected chi connectivity index (χ3v) is 6.35. The molecule has 1 fully saturated rings. The number of nitro benzene ring substituents is 1. The molecule has 0 bridgehead atoms. The molecular formula is C17H16F3N3O4S. The number of sulfonamides is 1. The predicted molar refractivity (Wildman–Crippen MR) is 95.5 cm³/mol. The van der Waals surface area contributed by atoms with E-state index in [1.54, 1.807) is 17.0 Å². The number of hydrogen-bond donors (Lipinski definition) is 0. The molecule has 0 unspecified atom stereocenters.